The lowest BCUT2D eigenvalue weighted by molar-refractivity contribution is 0.0516. The average molecular weight is 327 g/mol. The molecule has 7 nitrogen and oxygen atoms in total. The van der Waals surface area contributed by atoms with E-state index in [1.165, 1.54) is 6.92 Å². The predicted octanol–water partition coefficient (Wildman–Crippen LogP) is 1.99. The zero-order valence-electron chi connectivity index (χ0n) is 13.7. The van der Waals surface area contributed by atoms with Crippen LogP contribution in [0.15, 0.2) is 29.1 Å². The summed E-state index contributed by atoms with van der Waals surface area (Å²) < 4.78 is 11.3. The van der Waals surface area contributed by atoms with Crippen LogP contribution in [0.25, 0.3) is 5.69 Å². The molecule has 0 fully saturated rings. The first kappa shape index (κ1) is 17.2. The Morgan fingerprint density at radius 1 is 1.25 bits per heavy atom. The largest absolute Gasteiger partial charge is 0.494 e. The molecule has 0 spiro atoms. The highest BCUT2D eigenvalue weighted by Gasteiger charge is 2.21. The Morgan fingerprint density at radius 3 is 2.46 bits per heavy atom. The van der Waals surface area contributed by atoms with Crippen LogP contribution in [0.5, 0.6) is 5.75 Å². The van der Waals surface area contributed by atoms with Gasteiger partial charge in [0.25, 0.3) is 5.56 Å². The van der Waals surface area contributed by atoms with Crippen molar-refractivity contribution in [2.45, 2.75) is 20.8 Å². The third-order valence-electron chi connectivity index (χ3n) is 3.31. The van der Waals surface area contributed by atoms with Gasteiger partial charge in [-0.25, -0.2) is 4.79 Å². The maximum atomic E-state index is 12.5. The minimum absolute atomic E-state index is 0.0538. The van der Waals surface area contributed by atoms with Gasteiger partial charge < -0.3 is 9.47 Å². The van der Waals surface area contributed by atoms with Crippen LogP contribution in [0.2, 0.25) is 0 Å². The normalized spacial score (nSPS) is 10.1. The van der Waals surface area contributed by atoms with E-state index in [4.69, 9.17) is 9.47 Å². The van der Waals surface area contributed by atoms with E-state index in [1.807, 2.05) is 13.0 Å². The molecule has 1 aromatic heterocycles. The lowest BCUT2D eigenvalue weighted by Gasteiger charge is -2.11. The lowest BCUT2D eigenvalue weighted by atomic mass is 10.1. The maximum Gasteiger partial charge on any atom is 0.359 e. The Labute approximate surface area is 139 Å². The molecule has 0 aliphatic heterocycles. The fraction of sp³-hybridized carbons (Fsp3) is 0.294. The zero-order valence-corrected chi connectivity index (χ0v) is 13.7. The molecule has 0 aliphatic carbocycles. The van der Waals surface area contributed by atoms with Crippen molar-refractivity contribution in [3.63, 3.8) is 0 Å². The van der Waals surface area contributed by atoms with E-state index < -0.39 is 11.5 Å². The van der Waals surface area contributed by atoms with Crippen LogP contribution in [0.1, 0.15) is 35.5 Å². The summed E-state index contributed by atoms with van der Waals surface area (Å²) in [5.41, 5.74) is -0.148. The molecule has 1 heterocycles. The van der Waals surface area contributed by atoms with Gasteiger partial charge in [-0.15, -0.1) is 0 Å². The second-order valence-corrected chi connectivity index (χ2v) is 4.82. The Kier molecular flexibility index (Phi) is 5.32. The average Bonchev–Trinajstić information content (AvgIpc) is 2.57. The number of rotatable bonds is 5. The standard InChI is InChI=1S/C17H17N3O4/c1-4-23-13-8-6-12(7-9-13)20-16(21)14(10-18)11(3)15(19-20)17(22)24-5-2/h6-9H,4-5H2,1-3H3. The van der Waals surface area contributed by atoms with E-state index in [9.17, 15) is 14.9 Å². The molecule has 7 heteroatoms. The number of esters is 1. The number of ether oxygens (including phenoxy) is 2. The fourth-order valence-corrected chi connectivity index (χ4v) is 2.16. The summed E-state index contributed by atoms with van der Waals surface area (Å²) in [4.78, 5) is 24.5. The van der Waals surface area contributed by atoms with Gasteiger partial charge >= 0.3 is 5.97 Å². The Hall–Kier alpha value is -3.14. The van der Waals surface area contributed by atoms with Gasteiger partial charge in [0.05, 0.1) is 18.9 Å². The van der Waals surface area contributed by atoms with Crippen molar-refractivity contribution >= 4 is 5.97 Å². The number of aromatic nitrogens is 2. The van der Waals surface area contributed by atoms with Crippen LogP contribution in [0, 0.1) is 18.3 Å². The molecule has 0 unspecified atom stereocenters. The van der Waals surface area contributed by atoms with Crippen LogP contribution < -0.4 is 10.3 Å². The highest BCUT2D eigenvalue weighted by Crippen LogP contribution is 2.15. The number of benzene rings is 1. The fourth-order valence-electron chi connectivity index (χ4n) is 2.16. The molecule has 1 aromatic carbocycles. The molecule has 2 rings (SSSR count). The first-order valence-electron chi connectivity index (χ1n) is 7.47. The molecular formula is C17H17N3O4. The summed E-state index contributed by atoms with van der Waals surface area (Å²) in [6, 6.07) is 8.46. The Balaban J connectivity index is 2.61. The van der Waals surface area contributed by atoms with Crippen molar-refractivity contribution in [3.8, 4) is 17.5 Å². The summed E-state index contributed by atoms with van der Waals surface area (Å²) in [6.45, 7) is 5.73. The van der Waals surface area contributed by atoms with Crippen LogP contribution in [0.3, 0.4) is 0 Å². The molecule has 0 N–H and O–H groups in total. The molecule has 124 valence electrons. The highest BCUT2D eigenvalue weighted by atomic mass is 16.5. The summed E-state index contributed by atoms with van der Waals surface area (Å²) in [5.74, 6) is -0.0290. The second kappa shape index (κ2) is 7.42. The van der Waals surface area contributed by atoms with E-state index in [1.54, 1.807) is 31.2 Å². The topological polar surface area (TPSA) is 94.2 Å². The van der Waals surface area contributed by atoms with Crippen molar-refractivity contribution in [1.82, 2.24) is 9.78 Å². The van der Waals surface area contributed by atoms with Crippen molar-refractivity contribution in [3.05, 3.63) is 51.4 Å². The number of carbonyl (C=O) groups excluding carboxylic acids is 1. The number of nitrogens with zero attached hydrogens (tertiary/aromatic N) is 3. The van der Waals surface area contributed by atoms with E-state index >= 15 is 0 Å². The minimum Gasteiger partial charge on any atom is -0.494 e. The van der Waals surface area contributed by atoms with Crippen molar-refractivity contribution in [1.29, 1.82) is 5.26 Å². The van der Waals surface area contributed by atoms with Crippen LogP contribution in [-0.2, 0) is 4.74 Å². The number of nitriles is 1. The Morgan fingerprint density at radius 2 is 1.92 bits per heavy atom. The SMILES string of the molecule is CCOC(=O)c1nn(-c2ccc(OCC)cc2)c(=O)c(C#N)c1C. The van der Waals surface area contributed by atoms with Gasteiger partial charge in [-0.05, 0) is 45.0 Å². The van der Waals surface area contributed by atoms with Crippen LogP contribution in [-0.4, -0.2) is 29.0 Å². The Bertz CT molecular complexity index is 848. The highest BCUT2D eigenvalue weighted by molar-refractivity contribution is 5.89. The minimum atomic E-state index is -0.675. The maximum absolute atomic E-state index is 12.5. The van der Waals surface area contributed by atoms with Gasteiger partial charge in [0.2, 0.25) is 0 Å². The molecule has 24 heavy (non-hydrogen) atoms. The molecular weight excluding hydrogens is 310 g/mol. The molecule has 0 radical (unpaired) electrons. The lowest BCUT2D eigenvalue weighted by Crippen LogP contribution is -2.28. The van der Waals surface area contributed by atoms with E-state index in [2.05, 4.69) is 5.10 Å². The molecule has 0 amide bonds. The van der Waals surface area contributed by atoms with Gasteiger partial charge in [-0.1, -0.05) is 0 Å². The third kappa shape index (κ3) is 3.27. The summed E-state index contributed by atoms with van der Waals surface area (Å²) in [6.07, 6.45) is 0. The molecule has 2 aromatic rings. The predicted molar refractivity (Wildman–Crippen MR) is 86.4 cm³/mol. The van der Waals surface area contributed by atoms with Gasteiger partial charge in [0, 0.05) is 5.56 Å². The first-order valence-corrected chi connectivity index (χ1v) is 7.47. The number of hydrogen-bond donors (Lipinski definition) is 0. The zero-order chi connectivity index (χ0) is 17.7. The molecule has 0 bridgehead atoms. The van der Waals surface area contributed by atoms with E-state index in [0.29, 0.717) is 18.0 Å². The summed E-state index contributed by atoms with van der Waals surface area (Å²) >= 11 is 0. The van der Waals surface area contributed by atoms with Gasteiger partial charge in [0.15, 0.2) is 5.69 Å². The quantitative estimate of drug-likeness (QED) is 0.780. The first-order chi connectivity index (χ1) is 11.5. The second-order valence-electron chi connectivity index (χ2n) is 4.82. The molecule has 0 saturated carbocycles. The smallest absolute Gasteiger partial charge is 0.359 e. The van der Waals surface area contributed by atoms with Crippen LogP contribution >= 0.6 is 0 Å². The van der Waals surface area contributed by atoms with Gasteiger partial charge in [-0.3, -0.25) is 4.79 Å². The van der Waals surface area contributed by atoms with Crippen molar-refractivity contribution in [2.75, 3.05) is 13.2 Å². The number of carbonyl (C=O) groups is 1. The molecule has 0 saturated heterocycles. The van der Waals surface area contributed by atoms with E-state index in [-0.39, 0.29) is 23.4 Å². The number of hydrogen-bond acceptors (Lipinski definition) is 6. The van der Waals surface area contributed by atoms with Gasteiger partial charge in [0.1, 0.15) is 17.4 Å². The van der Waals surface area contributed by atoms with Crippen LogP contribution in [0.4, 0.5) is 0 Å². The summed E-state index contributed by atoms with van der Waals surface area (Å²) in [7, 11) is 0. The van der Waals surface area contributed by atoms with E-state index in [0.717, 1.165) is 4.68 Å². The molecule has 0 atom stereocenters. The van der Waals surface area contributed by atoms with Gasteiger partial charge in [-0.2, -0.15) is 15.0 Å². The van der Waals surface area contributed by atoms with Crippen molar-refractivity contribution < 1.29 is 14.3 Å². The van der Waals surface area contributed by atoms with Crippen molar-refractivity contribution in [2.24, 2.45) is 0 Å². The monoisotopic (exact) mass is 327 g/mol. The third-order valence-corrected chi connectivity index (χ3v) is 3.31. The molecule has 0 aliphatic rings. The summed E-state index contributed by atoms with van der Waals surface area (Å²) in [5, 5.41) is 13.3.